The van der Waals surface area contributed by atoms with E-state index >= 15 is 0 Å². The molecule has 0 fully saturated rings. The van der Waals surface area contributed by atoms with Crippen LogP contribution in [0.1, 0.15) is 25.8 Å². The first-order valence-electron chi connectivity index (χ1n) is 5.52. The largest absolute Gasteiger partial charge is 0.207 e. The van der Waals surface area contributed by atoms with Crippen LogP contribution in [-0.4, -0.2) is 5.33 Å². The molecule has 0 bridgehead atoms. The summed E-state index contributed by atoms with van der Waals surface area (Å²) in [6.07, 6.45) is 1.92. The highest BCUT2D eigenvalue weighted by molar-refractivity contribution is 9.10. The molecule has 0 N–H and O–H groups in total. The van der Waals surface area contributed by atoms with E-state index in [1.54, 1.807) is 6.07 Å². The van der Waals surface area contributed by atoms with Gasteiger partial charge in [-0.05, 0) is 48.4 Å². The Morgan fingerprint density at radius 3 is 2.56 bits per heavy atom. The van der Waals surface area contributed by atoms with Crippen LogP contribution < -0.4 is 0 Å². The fraction of sp³-hybridized carbons (Fsp3) is 0.538. The highest BCUT2D eigenvalue weighted by Gasteiger charge is 2.13. The Balaban J connectivity index is 2.73. The number of rotatable bonds is 5. The molecular formula is C13H17Br2F. The predicted molar refractivity (Wildman–Crippen MR) is 74.5 cm³/mol. The summed E-state index contributed by atoms with van der Waals surface area (Å²) in [4.78, 5) is 0. The predicted octanol–water partition coefficient (Wildman–Crippen LogP) is 5.19. The fourth-order valence-electron chi connectivity index (χ4n) is 1.88. The van der Waals surface area contributed by atoms with Crippen molar-refractivity contribution in [2.75, 3.05) is 5.33 Å². The minimum absolute atomic E-state index is 0.0992. The molecule has 0 aliphatic heterocycles. The van der Waals surface area contributed by atoms with Gasteiger partial charge in [0, 0.05) is 9.80 Å². The van der Waals surface area contributed by atoms with Crippen molar-refractivity contribution in [3.63, 3.8) is 0 Å². The molecule has 0 nitrogen and oxygen atoms in total. The highest BCUT2D eigenvalue weighted by atomic mass is 79.9. The normalized spacial score (nSPS) is 13.1. The summed E-state index contributed by atoms with van der Waals surface area (Å²) in [7, 11) is 0. The van der Waals surface area contributed by atoms with Crippen LogP contribution >= 0.6 is 31.9 Å². The van der Waals surface area contributed by atoms with Crippen LogP contribution in [0.25, 0.3) is 0 Å². The third-order valence-corrected chi connectivity index (χ3v) is 3.95. The van der Waals surface area contributed by atoms with E-state index in [0.717, 1.165) is 28.2 Å². The zero-order valence-electron chi connectivity index (χ0n) is 9.64. The second kappa shape index (κ2) is 6.75. The molecule has 1 unspecified atom stereocenters. The number of benzene rings is 1. The Labute approximate surface area is 114 Å². The summed E-state index contributed by atoms with van der Waals surface area (Å²) >= 11 is 6.89. The smallest absolute Gasteiger partial charge is 0.126 e. The van der Waals surface area contributed by atoms with Gasteiger partial charge in [0.05, 0.1) is 0 Å². The minimum atomic E-state index is -0.0992. The van der Waals surface area contributed by atoms with Crippen molar-refractivity contribution < 1.29 is 4.39 Å². The molecule has 1 aromatic carbocycles. The lowest BCUT2D eigenvalue weighted by molar-refractivity contribution is 0.438. The molecule has 0 saturated carbocycles. The van der Waals surface area contributed by atoms with Gasteiger partial charge in [-0.25, -0.2) is 4.39 Å². The average Bonchev–Trinajstić information content (AvgIpc) is 2.21. The Morgan fingerprint density at radius 1 is 1.31 bits per heavy atom. The van der Waals surface area contributed by atoms with Gasteiger partial charge >= 0.3 is 0 Å². The first kappa shape index (κ1) is 14.2. The maximum absolute atomic E-state index is 13.6. The SMILES string of the molecule is CC(C)CC(CBr)Cc1cc(Br)ccc1F. The van der Waals surface area contributed by atoms with Crippen LogP contribution in [0.5, 0.6) is 0 Å². The zero-order chi connectivity index (χ0) is 12.1. The van der Waals surface area contributed by atoms with Gasteiger partial charge in [-0.2, -0.15) is 0 Å². The van der Waals surface area contributed by atoms with Crippen molar-refractivity contribution in [3.8, 4) is 0 Å². The van der Waals surface area contributed by atoms with E-state index in [0.29, 0.717) is 11.8 Å². The molecular weight excluding hydrogens is 335 g/mol. The van der Waals surface area contributed by atoms with Gasteiger partial charge in [0.2, 0.25) is 0 Å². The standard InChI is InChI=1S/C13H17Br2F/c1-9(2)5-10(8-14)6-11-7-12(15)3-4-13(11)16/h3-4,7,9-10H,5-6,8H2,1-2H3. The molecule has 1 aromatic rings. The van der Waals surface area contributed by atoms with Crippen molar-refractivity contribution in [1.82, 2.24) is 0 Å². The van der Waals surface area contributed by atoms with Crippen LogP contribution in [0.4, 0.5) is 4.39 Å². The lowest BCUT2D eigenvalue weighted by Crippen LogP contribution is -2.10. The summed E-state index contributed by atoms with van der Waals surface area (Å²) in [6, 6.07) is 5.15. The van der Waals surface area contributed by atoms with E-state index in [1.807, 2.05) is 6.07 Å². The van der Waals surface area contributed by atoms with E-state index in [1.165, 1.54) is 6.07 Å². The molecule has 0 aromatic heterocycles. The highest BCUT2D eigenvalue weighted by Crippen LogP contribution is 2.23. The third kappa shape index (κ3) is 4.54. The molecule has 0 aliphatic carbocycles. The van der Waals surface area contributed by atoms with Gasteiger partial charge in [-0.1, -0.05) is 45.7 Å². The minimum Gasteiger partial charge on any atom is -0.207 e. The molecule has 0 radical (unpaired) electrons. The first-order valence-corrected chi connectivity index (χ1v) is 7.44. The monoisotopic (exact) mass is 350 g/mol. The number of alkyl halides is 1. The summed E-state index contributed by atoms with van der Waals surface area (Å²) in [5, 5.41) is 0.928. The molecule has 0 amide bonds. The van der Waals surface area contributed by atoms with Gasteiger partial charge in [-0.15, -0.1) is 0 Å². The van der Waals surface area contributed by atoms with E-state index in [-0.39, 0.29) is 5.82 Å². The Bertz CT molecular complexity index is 337. The number of hydrogen-bond donors (Lipinski definition) is 0. The molecule has 0 aliphatic rings. The van der Waals surface area contributed by atoms with Crippen molar-refractivity contribution in [1.29, 1.82) is 0 Å². The molecule has 0 spiro atoms. The third-order valence-electron chi connectivity index (χ3n) is 2.54. The van der Waals surface area contributed by atoms with Gasteiger partial charge in [0.25, 0.3) is 0 Å². The summed E-state index contributed by atoms with van der Waals surface area (Å²) in [6.45, 7) is 4.40. The van der Waals surface area contributed by atoms with Crippen LogP contribution in [-0.2, 0) is 6.42 Å². The van der Waals surface area contributed by atoms with Crippen molar-refractivity contribution in [2.45, 2.75) is 26.7 Å². The van der Waals surface area contributed by atoms with Crippen LogP contribution in [0.3, 0.4) is 0 Å². The fourth-order valence-corrected chi connectivity index (χ4v) is 2.78. The Morgan fingerprint density at radius 2 is 2.00 bits per heavy atom. The molecule has 0 saturated heterocycles. The molecule has 3 heteroatoms. The second-order valence-corrected chi connectivity index (χ2v) is 6.15. The van der Waals surface area contributed by atoms with Gasteiger partial charge < -0.3 is 0 Å². The molecule has 16 heavy (non-hydrogen) atoms. The van der Waals surface area contributed by atoms with Crippen molar-refractivity contribution >= 4 is 31.9 Å². The molecule has 1 rings (SSSR count). The summed E-state index contributed by atoms with van der Waals surface area (Å²) < 4.78 is 14.5. The zero-order valence-corrected chi connectivity index (χ0v) is 12.8. The maximum Gasteiger partial charge on any atom is 0.126 e. The van der Waals surface area contributed by atoms with Crippen molar-refractivity contribution in [2.24, 2.45) is 11.8 Å². The van der Waals surface area contributed by atoms with Crippen LogP contribution in [0, 0.1) is 17.7 Å². The Kier molecular flexibility index (Phi) is 5.98. The Hall–Kier alpha value is 0.110. The molecule has 0 heterocycles. The molecule has 1 atom stereocenters. The quantitative estimate of drug-likeness (QED) is 0.640. The van der Waals surface area contributed by atoms with E-state index in [4.69, 9.17) is 0 Å². The van der Waals surface area contributed by atoms with Crippen molar-refractivity contribution in [3.05, 3.63) is 34.1 Å². The van der Waals surface area contributed by atoms with E-state index in [9.17, 15) is 4.39 Å². The summed E-state index contributed by atoms with van der Waals surface area (Å²) in [5.74, 6) is 1.06. The van der Waals surface area contributed by atoms with Gasteiger partial charge in [0.15, 0.2) is 0 Å². The number of hydrogen-bond acceptors (Lipinski definition) is 0. The van der Waals surface area contributed by atoms with Gasteiger partial charge in [0.1, 0.15) is 5.82 Å². The maximum atomic E-state index is 13.6. The van der Waals surface area contributed by atoms with E-state index in [2.05, 4.69) is 45.7 Å². The summed E-state index contributed by atoms with van der Waals surface area (Å²) in [5.41, 5.74) is 0.805. The van der Waals surface area contributed by atoms with Gasteiger partial charge in [-0.3, -0.25) is 0 Å². The lowest BCUT2D eigenvalue weighted by atomic mass is 9.92. The average molecular weight is 352 g/mol. The first-order chi connectivity index (χ1) is 7.52. The van der Waals surface area contributed by atoms with Crippen LogP contribution in [0.15, 0.2) is 22.7 Å². The lowest BCUT2D eigenvalue weighted by Gasteiger charge is -2.16. The molecule has 90 valence electrons. The topological polar surface area (TPSA) is 0 Å². The van der Waals surface area contributed by atoms with E-state index < -0.39 is 0 Å². The number of halogens is 3. The van der Waals surface area contributed by atoms with Crippen LogP contribution in [0.2, 0.25) is 0 Å². The second-order valence-electron chi connectivity index (χ2n) is 4.59.